The second kappa shape index (κ2) is 7.33. The largest absolute Gasteiger partial charge is 0.336 e. The maximum absolute atomic E-state index is 9.21. The van der Waals surface area contributed by atoms with Crippen LogP contribution in [0.4, 0.5) is 0 Å². The highest BCUT2D eigenvalue weighted by molar-refractivity contribution is 8.03. The standard InChI is InChI=1S/C24H21N3S/c25-14-17-12-19(16-26-15-17)18-6-5-7-20(13-18)27-21-8-1-3-10-23(21)28-24-11-4-2-9-22(24)27/h1-3,6,8-10,12-13,15-16,21,23H,4-5,7,11H2. The second-order valence-corrected chi connectivity index (χ2v) is 8.64. The zero-order valence-corrected chi connectivity index (χ0v) is 16.4. The number of hydrogen-bond acceptors (Lipinski definition) is 4. The van der Waals surface area contributed by atoms with Crippen molar-refractivity contribution in [2.24, 2.45) is 0 Å². The normalized spacial score (nSPS) is 25.6. The van der Waals surface area contributed by atoms with Crippen LogP contribution in [-0.4, -0.2) is 21.2 Å². The maximum Gasteiger partial charge on any atom is 0.101 e. The van der Waals surface area contributed by atoms with Gasteiger partial charge < -0.3 is 4.90 Å². The molecule has 0 aromatic carbocycles. The van der Waals surface area contributed by atoms with Gasteiger partial charge in [-0.3, -0.25) is 4.98 Å². The Morgan fingerprint density at radius 3 is 3.00 bits per heavy atom. The molecule has 3 nitrogen and oxygen atoms in total. The van der Waals surface area contributed by atoms with Crippen molar-refractivity contribution in [1.29, 1.82) is 5.26 Å². The molecular formula is C24H21N3S. The summed E-state index contributed by atoms with van der Waals surface area (Å²) in [6, 6.07) is 4.48. The molecule has 2 unspecified atom stereocenters. The summed E-state index contributed by atoms with van der Waals surface area (Å²) in [7, 11) is 0. The smallest absolute Gasteiger partial charge is 0.101 e. The molecule has 2 atom stereocenters. The van der Waals surface area contributed by atoms with Gasteiger partial charge in [0.2, 0.25) is 0 Å². The zero-order valence-electron chi connectivity index (χ0n) is 15.6. The molecule has 28 heavy (non-hydrogen) atoms. The summed E-state index contributed by atoms with van der Waals surface area (Å²) < 4.78 is 0. The highest BCUT2D eigenvalue weighted by Gasteiger charge is 2.36. The molecule has 4 heteroatoms. The molecule has 0 fully saturated rings. The molecular weight excluding hydrogens is 362 g/mol. The van der Waals surface area contributed by atoms with Gasteiger partial charge in [-0.25, -0.2) is 0 Å². The van der Waals surface area contributed by atoms with E-state index < -0.39 is 0 Å². The van der Waals surface area contributed by atoms with E-state index in [0.29, 0.717) is 16.9 Å². The van der Waals surface area contributed by atoms with E-state index in [1.54, 1.807) is 6.20 Å². The van der Waals surface area contributed by atoms with Crippen molar-refractivity contribution in [1.82, 2.24) is 9.88 Å². The number of thioether (sulfide) groups is 1. The van der Waals surface area contributed by atoms with Crippen LogP contribution in [0.2, 0.25) is 0 Å². The summed E-state index contributed by atoms with van der Waals surface area (Å²) in [6.45, 7) is 0. The number of fused-ring (bicyclic) bond motifs is 1. The van der Waals surface area contributed by atoms with Crippen molar-refractivity contribution < 1.29 is 0 Å². The van der Waals surface area contributed by atoms with Gasteiger partial charge in [-0.05, 0) is 49.5 Å². The predicted molar refractivity (Wildman–Crippen MR) is 115 cm³/mol. The Kier molecular flexibility index (Phi) is 4.54. The average molecular weight is 384 g/mol. The number of nitrogens with zero attached hydrogens (tertiary/aromatic N) is 3. The van der Waals surface area contributed by atoms with Crippen LogP contribution >= 0.6 is 11.8 Å². The van der Waals surface area contributed by atoms with E-state index in [1.807, 2.05) is 24.0 Å². The Morgan fingerprint density at radius 2 is 2.07 bits per heavy atom. The Hall–Kier alpha value is -2.77. The first-order valence-corrected chi connectivity index (χ1v) is 10.7. The molecule has 138 valence electrons. The summed E-state index contributed by atoms with van der Waals surface area (Å²) in [4.78, 5) is 8.31. The van der Waals surface area contributed by atoms with Gasteiger partial charge in [-0.15, -0.1) is 11.8 Å². The molecule has 4 aliphatic rings. The lowest BCUT2D eigenvalue weighted by Crippen LogP contribution is -2.43. The summed E-state index contributed by atoms with van der Waals surface area (Å²) in [5, 5.41) is 9.68. The topological polar surface area (TPSA) is 39.9 Å². The molecule has 0 spiro atoms. The van der Waals surface area contributed by atoms with Crippen LogP contribution in [0.3, 0.4) is 0 Å². The number of rotatable bonds is 2. The van der Waals surface area contributed by atoms with E-state index in [4.69, 9.17) is 0 Å². The second-order valence-electron chi connectivity index (χ2n) is 7.37. The number of pyridine rings is 1. The minimum absolute atomic E-state index is 0.352. The van der Waals surface area contributed by atoms with Crippen molar-refractivity contribution in [2.75, 3.05) is 0 Å². The van der Waals surface area contributed by atoms with Crippen molar-refractivity contribution in [2.45, 2.75) is 37.0 Å². The quantitative estimate of drug-likeness (QED) is 0.677. The summed E-state index contributed by atoms with van der Waals surface area (Å²) in [6.07, 6.45) is 26.0. The highest BCUT2D eigenvalue weighted by Crippen LogP contribution is 2.46. The van der Waals surface area contributed by atoms with E-state index >= 15 is 0 Å². The molecule has 0 saturated heterocycles. The van der Waals surface area contributed by atoms with Gasteiger partial charge in [0.1, 0.15) is 6.07 Å². The van der Waals surface area contributed by atoms with Crippen LogP contribution in [0.15, 0.2) is 83.4 Å². The maximum atomic E-state index is 9.21. The molecule has 1 aromatic heterocycles. The van der Waals surface area contributed by atoms with Gasteiger partial charge in [0.25, 0.3) is 0 Å². The molecule has 3 aliphatic carbocycles. The molecule has 0 saturated carbocycles. The van der Waals surface area contributed by atoms with Crippen LogP contribution in [0, 0.1) is 11.3 Å². The van der Waals surface area contributed by atoms with Crippen LogP contribution < -0.4 is 0 Å². The zero-order chi connectivity index (χ0) is 18.9. The number of nitriles is 1. The molecule has 2 heterocycles. The Bertz CT molecular complexity index is 1030. The third-order valence-electron chi connectivity index (χ3n) is 5.59. The molecule has 0 bridgehead atoms. The first-order valence-electron chi connectivity index (χ1n) is 9.80. The molecule has 1 aromatic rings. The minimum Gasteiger partial charge on any atom is -0.336 e. The number of hydrogen-bond donors (Lipinski definition) is 0. The van der Waals surface area contributed by atoms with Crippen molar-refractivity contribution in [3.8, 4) is 6.07 Å². The Labute approximate surface area is 170 Å². The van der Waals surface area contributed by atoms with Gasteiger partial charge in [0, 0.05) is 28.6 Å². The predicted octanol–water partition coefficient (Wildman–Crippen LogP) is 5.49. The first-order chi connectivity index (χ1) is 13.8. The van der Waals surface area contributed by atoms with Crippen LogP contribution in [0.5, 0.6) is 0 Å². The van der Waals surface area contributed by atoms with E-state index in [1.165, 1.54) is 16.3 Å². The Balaban J connectivity index is 1.56. The summed E-state index contributed by atoms with van der Waals surface area (Å²) in [5.41, 5.74) is 5.52. The van der Waals surface area contributed by atoms with Gasteiger partial charge >= 0.3 is 0 Å². The minimum atomic E-state index is 0.352. The lowest BCUT2D eigenvalue weighted by Gasteiger charge is -2.45. The first kappa shape index (κ1) is 17.3. The fourth-order valence-corrected chi connectivity index (χ4v) is 5.66. The van der Waals surface area contributed by atoms with Gasteiger partial charge in [0.15, 0.2) is 0 Å². The van der Waals surface area contributed by atoms with E-state index in [9.17, 15) is 5.26 Å². The SMILES string of the molecule is N#Cc1cncc(C2=CCCC(N3C4=C(CCC=C4)SC4C=CC=CC43)=C2)c1. The van der Waals surface area contributed by atoms with Crippen molar-refractivity contribution in [3.05, 3.63) is 94.5 Å². The molecule has 5 rings (SSSR count). The monoisotopic (exact) mass is 383 g/mol. The van der Waals surface area contributed by atoms with Crippen LogP contribution in [0.1, 0.15) is 36.8 Å². The third kappa shape index (κ3) is 3.06. The van der Waals surface area contributed by atoms with Gasteiger partial charge in [-0.2, -0.15) is 5.26 Å². The molecule has 0 radical (unpaired) electrons. The number of aromatic nitrogens is 1. The van der Waals surface area contributed by atoms with E-state index in [2.05, 4.69) is 64.6 Å². The van der Waals surface area contributed by atoms with Gasteiger partial charge in [-0.1, -0.05) is 36.5 Å². The van der Waals surface area contributed by atoms with E-state index in [-0.39, 0.29) is 0 Å². The Morgan fingerprint density at radius 1 is 1.14 bits per heavy atom. The highest BCUT2D eigenvalue weighted by atomic mass is 32.2. The van der Waals surface area contributed by atoms with Crippen molar-refractivity contribution >= 4 is 17.3 Å². The van der Waals surface area contributed by atoms with Gasteiger partial charge in [0.05, 0.1) is 22.6 Å². The lowest BCUT2D eigenvalue weighted by molar-refractivity contribution is 0.355. The van der Waals surface area contributed by atoms with Crippen molar-refractivity contribution in [3.63, 3.8) is 0 Å². The fraction of sp³-hybridized carbons (Fsp3) is 0.250. The molecule has 0 amide bonds. The summed E-state index contributed by atoms with van der Waals surface area (Å²) in [5.74, 6) is 0. The fourth-order valence-electron chi connectivity index (χ4n) is 4.29. The van der Waals surface area contributed by atoms with E-state index in [0.717, 1.165) is 36.8 Å². The summed E-state index contributed by atoms with van der Waals surface area (Å²) >= 11 is 2.03. The average Bonchev–Trinajstić information content (AvgIpc) is 2.77. The number of allylic oxidation sites excluding steroid dienone is 9. The molecule has 0 N–H and O–H groups in total. The van der Waals surface area contributed by atoms with Crippen LogP contribution in [-0.2, 0) is 0 Å². The molecule has 1 aliphatic heterocycles. The van der Waals surface area contributed by atoms with Crippen LogP contribution in [0.25, 0.3) is 5.57 Å². The third-order valence-corrected chi connectivity index (χ3v) is 7.00. The lowest BCUT2D eigenvalue weighted by atomic mass is 9.94.